The Kier molecular flexibility index (Phi) is 3.42. The predicted molar refractivity (Wildman–Crippen MR) is 75.8 cm³/mol. The summed E-state index contributed by atoms with van der Waals surface area (Å²) < 4.78 is 0. The van der Waals surface area contributed by atoms with Crippen LogP contribution in [0.3, 0.4) is 0 Å². The normalized spacial score (nSPS) is 29.9. The number of nitrogens with zero attached hydrogens (tertiary/aromatic N) is 1. The molecular weight excluding hydrogens is 238 g/mol. The quantitative estimate of drug-likeness (QED) is 0.813. The van der Waals surface area contributed by atoms with E-state index in [4.69, 9.17) is 5.73 Å². The Balaban J connectivity index is 1.60. The van der Waals surface area contributed by atoms with Crippen molar-refractivity contribution in [2.75, 3.05) is 18.4 Å². The van der Waals surface area contributed by atoms with Crippen LogP contribution in [0.15, 0.2) is 30.3 Å². The van der Waals surface area contributed by atoms with Gasteiger partial charge in [-0.3, -0.25) is 0 Å². The highest BCUT2D eigenvalue weighted by atomic mass is 16.2. The van der Waals surface area contributed by atoms with Gasteiger partial charge in [-0.15, -0.1) is 0 Å². The van der Waals surface area contributed by atoms with Gasteiger partial charge in [-0.2, -0.15) is 0 Å². The van der Waals surface area contributed by atoms with Crippen molar-refractivity contribution in [2.24, 2.45) is 17.6 Å². The molecule has 1 aliphatic carbocycles. The second-order valence-corrected chi connectivity index (χ2v) is 5.79. The summed E-state index contributed by atoms with van der Waals surface area (Å²) in [5, 5.41) is 2.96. The van der Waals surface area contributed by atoms with Gasteiger partial charge in [-0.05, 0) is 43.2 Å². The zero-order valence-electron chi connectivity index (χ0n) is 11.1. The SMILES string of the molecule is NC1CC[C@@H]2CN(C(=O)Nc3ccccc3)C[C@@H]2C1. The van der Waals surface area contributed by atoms with Gasteiger partial charge >= 0.3 is 6.03 Å². The number of hydrogen-bond acceptors (Lipinski definition) is 2. The standard InChI is InChI=1S/C15H21N3O/c16-13-7-6-11-9-18(10-12(11)8-13)15(19)17-14-4-2-1-3-5-14/h1-5,11-13H,6-10,16H2,(H,17,19)/t11-,12+,13?/m1/s1. The maximum Gasteiger partial charge on any atom is 0.321 e. The molecule has 0 radical (unpaired) electrons. The average molecular weight is 259 g/mol. The topological polar surface area (TPSA) is 58.4 Å². The Morgan fingerprint density at radius 2 is 1.89 bits per heavy atom. The number of anilines is 1. The average Bonchev–Trinajstić information content (AvgIpc) is 2.83. The third kappa shape index (κ3) is 2.73. The molecule has 1 aromatic carbocycles. The van der Waals surface area contributed by atoms with Crippen molar-refractivity contribution in [3.8, 4) is 0 Å². The van der Waals surface area contributed by atoms with E-state index in [1.807, 2.05) is 35.2 Å². The number of urea groups is 1. The monoisotopic (exact) mass is 259 g/mol. The van der Waals surface area contributed by atoms with Gasteiger partial charge in [0.2, 0.25) is 0 Å². The third-order valence-corrected chi connectivity index (χ3v) is 4.40. The summed E-state index contributed by atoms with van der Waals surface area (Å²) in [7, 11) is 0. The maximum absolute atomic E-state index is 12.2. The van der Waals surface area contributed by atoms with Crippen LogP contribution in [0.5, 0.6) is 0 Å². The molecule has 4 heteroatoms. The summed E-state index contributed by atoms with van der Waals surface area (Å²) in [6.07, 6.45) is 3.34. The van der Waals surface area contributed by atoms with Crippen molar-refractivity contribution in [3.05, 3.63) is 30.3 Å². The molecule has 0 aromatic heterocycles. The molecule has 0 bridgehead atoms. The number of benzene rings is 1. The number of hydrogen-bond donors (Lipinski definition) is 2. The van der Waals surface area contributed by atoms with Gasteiger partial charge in [0, 0.05) is 24.8 Å². The number of nitrogens with two attached hydrogens (primary N) is 1. The lowest BCUT2D eigenvalue weighted by Crippen LogP contribution is -2.33. The molecule has 2 fully saturated rings. The maximum atomic E-state index is 12.2. The van der Waals surface area contributed by atoms with Gasteiger partial charge in [0.1, 0.15) is 0 Å². The van der Waals surface area contributed by atoms with E-state index in [-0.39, 0.29) is 6.03 Å². The summed E-state index contributed by atoms with van der Waals surface area (Å²) in [6.45, 7) is 1.74. The number of nitrogens with one attached hydrogen (secondary N) is 1. The van der Waals surface area contributed by atoms with Crippen LogP contribution in [-0.2, 0) is 0 Å². The molecule has 3 atom stereocenters. The van der Waals surface area contributed by atoms with Crippen LogP contribution in [0.2, 0.25) is 0 Å². The van der Waals surface area contributed by atoms with Gasteiger partial charge in [-0.25, -0.2) is 4.79 Å². The van der Waals surface area contributed by atoms with Crippen LogP contribution in [0.25, 0.3) is 0 Å². The van der Waals surface area contributed by atoms with Gasteiger partial charge in [0.05, 0.1) is 0 Å². The minimum atomic E-state index is 0.0224. The van der Waals surface area contributed by atoms with Crippen molar-refractivity contribution in [1.29, 1.82) is 0 Å². The Morgan fingerprint density at radius 3 is 2.68 bits per heavy atom. The molecule has 2 aliphatic rings. The van der Waals surface area contributed by atoms with Crippen molar-refractivity contribution >= 4 is 11.7 Å². The summed E-state index contributed by atoms with van der Waals surface area (Å²) in [4.78, 5) is 14.2. The zero-order chi connectivity index (χ0) is 13.2. The summed E-state index contributed by atoms with van der Waals surface area (Å²) in [6, 6.07) is 9.99. The Bertz CT molecular complexity index is 448. The van der Waals surface area contributed by atoms with Crippen molar-refractivity contribution in [3.63, 3.8) is 0 Å². The fourth-order valence-electron chi connectivity index (χ4n) is 3.36. The Hall–Kier alpha value is -1.55. The van der Waals surface area contributed by atoms with Crippen LogP contribution in [0.4, 0.5) is 10.5 Å². The molecule has 2 amide bonds. The summed E-state index contributed by atoms with van der Waals surface area (Å²) in [5.74, 6) is 1.26. The lowest BCUT2D eigenvalue weighted by Gasteiger charge is -2.27. The molecule has 102 valence electrons. The molecule has 1 heterocycles. The molecule has 1 aromatic rings. The van der Waals surface area contributed by atoms with Crippen LogP contribution >= 0.6 is 0 Å². The Morgan fingerprint density at radius 1 is 1.16 bits per heavy atom. The number of likely N-dealkylation sites (tertiary alicyclic amines) is 1. The Labute approximate surface area is 114 Å². The van der Waals surface area contributed by atoms with Gasteiger partial charge in [-0.1, -0.05) is 18.2 Å². The first-order valence-electron chi connectivity index (χ1n) is 7.09. The first-order chi connectivity index (χ1) is 9.22. The largest absolute Gasteiger partial charge is 0.328 e. The molecule has 1 unspecified atom stereocenters. The summed E-state index contributed by atoms with van der Waals surface area (Å²) in [5.41, 5.74) is 6.88. The van der Waals surface area contributed by atoms with Gasteiger partial charge in [0.25, 0.3) is 0 Å². The minimum Gasteiger partial charge on any atom is -0.328 e. The molecule has 3 rings (SSSR count). The highest BCUT2D eigenvalue weighted by Crippen LogP contribution is 2.35. The van der Waals surface area contributed by atoms with E-state index in [2.05, 4.69) is 5.32 Å². The lowest BCUT2D eigenvalue weighted by atomic mass is 9.79. The number of amides is 2. The van der Waals surface area contributed by atoms with Crippen LogP contribution in [-0.4, -0.2) is 30.1 Å². The first-order valence-corrected chi connectivity index (χ1v) is 7.09. The molecule has 3 N–H and O–H groups in total. The highest BCUT2D eigenvalue weighted by molar-refractivity contribution is 5.89. The second kappa shape index (κ2) is 5.21. The van der Waals surface area contributed by atoms with Crippen LogP contribution < -0.4 is 11.1 Å². The fraction of sp³-hybridized carbons (Fsp3) is 0.533. The summed E-state index contributed by atoms with van der Waals surface area (Å²) >= 11 is 0. The second-order valence-electron chi connectivity index (χ2n) is 5.79. The van der Waals surface area contributed by atoms with E-state index in [1.54, 1.807) is 0 Å². The van der Waals surface area contributed by atoms with E-state index in [0.717, 1.165) is 31.6 Å². The first kappa shape index (κ1) is 12.5. The van der Waals surface area contributed by atoms with E-state index in [0.29, 0.717) is 17.9 Å². The van der Waals surface area contributed by atoms with Gasteiger partial charge in [0.15, 0.2) is 0 Å². The molecule has 0 spiro atoms. The van der Waals surface area contributed by atoms with Crippen molar-refractivity contribution < 1.29 is 4.79 Å². The number of rotatable bonds is 1. The van der Waals surface area contributed by atoms with Gasteiger partial charge < -0.3 is 16.0 Å². The van der Waals surface area contributed by atoms with Crippen LogP contribution in [0.1, 0.15) is 19.3 Å². The lowest BCUT2D eigenvalue weighted by molar-refractivity contribution is 0.220. The van der Waals surface area contributed by atoms with E-state index in [1.165, 1.54) is 6.42 Å². The van der Waals surface area contributed by atoms with Crippen molar-refractivity contribution in [1.82, 2.24) is 4.90 Å². The third-order valence-electron chi connectivity index (χ3n) is 4.40. The number of carbonyl (C=O) groups excluding carboxylic acids is 1. The van der Waals surface area contributed by atoms with E-state index < -0.39 is 0 Å². The minimum absolute atomic E-state index is 0.0224. The molecule has 1 saturated carbocycles. The highest BCUT2D eigenvalue weighted by Gasteiger charge is 2.38. The number of fused-ring (bicyclic) bond motifs is 1. The van der Waals surface area contributed by atoms with Crippen LogP contribution in [0, 0.1) is 11.8 Å². The molecule has 4 nitrogen and oxygen atoms in total. The predicted octanol–water partition coefficient (Wildman–Crippen LogP) is 2.28. The number of para-hydroxylation sites is 1. The smallest absolute Gasteiger partial charge is 0.321 e. The molecule has 19 heavy (non-hydrogen) atoms. The van der Waals surface area contributed by atoms with Crippen molar-refractivity contribution in [2.45, 2.75) is 25.3 Å². The molecule has 1 aliphatic heterocycles. The van der Waals surface area contributed by atoms with E-state index >= 15 is 0 Å². The fourth-order valence-corrected chi connectivity index (χ4v) is 3.36. The van der Waals surface area contributed by atoms with E-state index in [9.17, 15) is 4.79 Å². The zero-order valence-corrected chi connectivity index (χ0v) is 11.1. The number of carbonyl (C=O) groups is 1. The molecular formula is C15H21N3O. The molecule has 1 saturated heterocycles.